The SMILES string of the molecule is C=C(NC(=C)C12CC(C)CC(CC(C)C1)C2)C(C)(C)I. The molecule has 0 aromatic carbocycles. The first-order valence-electron chi connectivity index (χ1n) is 7.97. The van der Waals surface area contributed by atoms with Gasteiger partial charge in [0.15, 0.2) is 0 Å². The summed E-state index contributed by atoms with van der Waals surface area (Å²) in [4.78, 5) is 0. The minimum Gasteiger partial charge on any atom is -0.362 e. The van der Waals surface area contributed by atoms with E-state index in [-0.39, 0.29) is 3.42 Å². The van der Waals surface area contributed by atoms with Crippen LogP contribution in [-0.4, -0.2) is 3.42 Å². The Bertz CT molecular complexity index is 385. The summed E-state index contributed by atoms with van der Waals surface area (Å²) in [6.07, 6.45) is 6.77. The van der Waals surface area contributed by atoms with Crippen molar-refractivity contribution in [2.45, 2.75) is 63.2 Å². The van der Waals surface area contributed by atoms with Crippen LogP contribution in [0, 0.1) is 23.2 Å². The van der Waals surface area contributed by atoms with Crippen molar-refractivity contribution >= 4 is 22.6 Å². The molecule has 0 aliphatic heterocycles. The maximum atomic E-state index is 4.44. The van der Waals surface area contributed by atoms with E-state index in [1.165, 1.54) is 37.8 Å². The highest BCUT2D eigenvalue weighted by molar-refractivity contribution is 14.1. The topological polar surface area (TPSA) is 12.0 Å². The van der Waals surface area contributed by atoms with Gasteiger partial charge >= 0.3 is 0 Å². The molecule has 0 spiro atoms. The molecule has 0 heterocycles. The average Bonchev–Trinajstić information content (AvgIpc) is 2.24. The molecule has 2 aliphatic carbocycles. The smallest absolute Gasteiger partial charge is 0.0558 e. The van der Waals surface area contributed by atoms with E-state index in [1.807, 2.05) is 0 Å². The van der Waals surface area contributed by atoms with Gasteiger partial charge in [-0.2, -0.15) is 0 Å². The summed E-state index contributed by atoms with van der Waals surface area (Å²) in [5.74, 6) is 2.57. The standard InChI is InChI=1S/C18H30IN/c1-12-7-16-8-13(2)10-18(9-12,11-16)15(4)20-14(3)17(5,6)19/h12-13,16,20H,3-4,7-11H2,1-2,5-6H3. The van der Waals surface area contributed by atoms with Crippen LogP contribution in [0.25, 0.3) is 0 Å². The summed E-state index contributed by atoms with van der Waals surface area (Å²) in [6.45, 7) is 17.9. The van der Waals surface area contributed by atoms with Gasteiger partial charge in [-0.15, -0.1) is 0 Å². The monoisotopic (exact) mass is 387 g/mol. The maximum Gasteiger partial charge on any atom is 0.0558 e. The summed E-state index contributed by atoms with van der Waals surface area (Å²) >= 11 is 2.45. The molecular formula is C18H30IN. The third-order valence-electron chi connectivity index (χ3n) is 5.29. The van der Waals surface area contributed by atoms with E-state index in [0.29, 0.717) is 5.41 Å². The lowest BCUT2D eigenvalue weighted by Gasteiger charge is -2.51. The first kappa shape index (κ1) is 16.4. The van der Waals surface area contributed by atoms with Gasteiger partial charge in [0.2, 0.25) is 0 Å². The zero-order chi connectivity index (χ0) is 15.1. The van der Waals surface area contributed by atoms with E-state index in [2.05, 4.69) is 68.8 Å². The third kappa shape index (κ3) is 3.42. The second-order valence-electron chi connectivity index (χ2n) is 8.00. The van der Waals surface area contributed by atoms with E-state index >= 15 is 0 Å². The second-order valence-corrected chi connectivity index (χ2v) is 10.7. The number of allylic oxidation sites excluding steroid dienone is 2. The van der Waals surface area contributed by atoms with Crippen LogP contribution < -0.4 is 5.32 Å². The summed E-state index contributed by atoms with van der Waals surface area (Å²) in [5.41, 5.74) is 2.63. The lowest BCUT2D eigenvalue weighted by atomic mass is 9.55. The lowest BCUT2D eigenvalue weighted by molar-refractivity contribution is 0.0428. The molecule has 2 fully saturated rings. The molecule has 0 saturated heterocycles. The van der Waals surface area contributed by atoms with Crippen molar-refractivity contribution in [3.63, 3.8) is 0 Å². The van der Waals surface area contributed by atoms with Crippen molar-refractivity contribution in [1.82, 2.24) is 5.32 Å². The highest BCUT2D eigenvalue weighted by Gasteiger charge is 2.46. The van der Waals surface area contributed by atoms with Crippen LogP contribution in [0.15, 0.2) is 24.6 Å². The Morgan fingerprint density at radius 2 is 1.60 bits per heavy atom. The number of fused-ring (bicyclic) bond motifs is 2. The molecule has 20 heavy (non-hydrogen) atoms. The average molecular weight is 387 g/mol. The number of hydrogen-bond donors (Lipinski definition) is 1. The molecule has 2 atom stereocenters. The first-order valence-corrected chi connectivity index (χ1v) is 9.05. The normalized spacial score (nSPS) is 37.4. The van der Waals surface area contributed by atoms with Crippen LogP contribution >= 0.6 is 22.6 Å². The molecule has 1 nitrogen and oxygen atoms in total. The van der Waals surface area contributed by atoms with Crippen molar-refractivity contribution in [1.29, 1.82) is 0 Å². The molecule has 2 rings (SSSR count). The van der Waals surface area contributed by atoms with E-state index in [1.54, 1.807) is 0 Å². The fraction of sp³-hybridized carbons (Fsp3) is 0.778. The largest absolute Gasteiger partial charge is 0.362 e. The summed E-state index contributed by atoms with van der Waals surface area (Å²) in [6, 6.07) is 0. The summed E-state index contributed by atoms with van der Waals surface area (Å²) < 4.78 is 0.0668. The fourth-order valence-electron chi connectivity index (χ4n) is 4.54. The van der Waals surface area contributed by atoms with Gasteiger partial charge in [0.1, 0.15) is 0 Å². The van der Waals surface area contributed by atoms with E-state index in [9.17, 15) is 0 Å². The van der Waals surface area contributed by atoms with E-state index in [4.69, 9.17) is 0 Å². The molecule has 0 aromatic heterocycles. The summed E-state index contributed by atoms with van der Waals surface area (Å²) in [5, 5.41) is 3.58. The molecule has 2 saturated carbocycles. The van der Waals surface area contributed by atoms with Gasteiger partial charge in [-0.1, -0.05) is 49.6 Å². The van der Waals surface area contributed by atoms with Crippen LogP contribution in [0.5, 0.6) is 0 Å². The Morgan fingerprint density at radius 1 is 1.10 bits per heavy atom. The van der Waals surface area contributed by atoms with Crippen molar-refractivity contribution in [2.75, 3.05) is 0 Å². The Labute approximate surface area is 138 Å². The number of halogens is 1. The zero-order valence-electron chi connectivity index (χ0n) is 13.6. The molecule has 2 heteroatoms. The fourth-order valence-corrected chi connectivity index (χ4v) is 4.67. The van der Waals surface area contributed by atoms with Gasteiger partial charge in [0, 0.05) is 16.8 Å². The predicted molar refractivity (Wildman–Crippen MR) is 96.9 cm³/mol. The van der Waals surface area contributed by atoms with Gasteiger partial charge in [-0.05, 0) is 63.7 Å². The molecule has 1 N–H and O–H groups in total. The molecule has 114 valence electrons. The number of alkyl halides is 1. The third-order valence-corrected chi connectivity index (χ3v) is 5.94. The summed E-state index contributed by atoms with van der Waals surface area (Å²) in [7, 11) is 0. The predicted octanol–water partition coefficient (Wildman–Crippen LogP) is 5.67. The van der Waals surface area contributed by atoms with E-state index in [0.717, 1.165) is 23.5 Å². The van der Waals surface area contributed by atoms with Crippen molar-refractivity contribution in [3.8, 4) is 0 Å². The van der Waals surface area contributed by atoms with Crippen molar-refractivity contribution in [3.05, 3.63) is 24.6 Å². The number of hydrogen-bond acceptors (Lipinski definition) is 1. The van der Waals surface area contributed by atoms with Gasteiger partial charge in [0.05, 0.1) is 3.42 Å². The van der Waals surface area contributed by atoms with Crippen LogP contribution in [0.2, 0.25) is 0 Å². The van der Waals surface area contributed by atoms with Crippen LogP contribution in [0.4, 0.5) is 0 Å². The Morgan fingerprint density at radius 3 is 2.05 bits per heavy atom. The number of rotatable bonds is 4. The minimum absolute atomic E-state index is 0.0668. The van der Waals surface area contributed by atoms with E-state index < -0.39 is 0 Å². The Balaban J connectivity index is 2.15. The molecule has 0 amide bonds. The van der Waals surface area contributed by atoms with Gasteiger partial charge < -0.3 is 5.32 Å². The van der Waals surface area contributed by atoms with Gasteiger partial charge in [-0.3, -0.25) is 0 Å². The molecule has 0 aromatic rings. The minimum atomic E-state index is 0.0668. The molecule has 0 radical (unpaired) electrons. The molecular weight excluding hydrogens is 357 g/mol. The lowest BCUT2D eigenvalue weighted by Crippen LogP contribution is -2.44. The van der Waals surface area contributed by atoms with Crippen LogP contribution in [0.3, 0.4) is 0 Å². The molecule has 2 aliphatic rings. The van der Waals surface area contributed by atoms with Gasteiger partial charge in [-0.25, -0.2) is 0 Å². The first-order chi connectivity index (χ1) is 9.12. The Kier molecular flexibility index (Phi) is 4.63. The van der Waals surface area contributed by atoms with Gasteiger partial charge in [0.25, 0.3) is 0 Å². The van der Waals surface area contributed by atoms with Crippen LogP contribution in [-0.2, 0) is 0 Å². The molecule has 2 bridgehead atoms. The highest BCUT2D eigenvalue weighted by atomic mass is 127. The quantitative estimate of drug-likeness (QED) is 0.484. The van der Waals surface area contributed by atoms with Crippen molar-refractivity contribution < 1.29 is 0 Å². The van der Waals surface area contributed by atoms with Crippen LogP contribution in [0.1, 0.15) is 59.8 Å². The highest BCUT2D eigenvalue weighted by Crippen LogP contribution is 2.55. The Hall–Kier alpha value is 0.01000. The maximum absolute atomic E-state index is 4.44. The zero-order valence-corrected chi connectivity index (χ0v) is 15.7. The number of nitrogens with one attached hydrogen (secondary N) is 1. The molecule has 2 unspecified atom stereocenters. The van der Waals surface area contributed by atoms with Crippen molar-refractivity contribution in [2.24, 2.45) is 23.2 Å². The second kappa shape index (κ2) is 5.66.